The Balaban J connectivity index is 1.81. The van der Waals surface area contributed by atoms with Gasteiger partial charge in [0.25, 0.3) is 5.69 Å². The highest BCUT2D eigenvalue weighted by molar-refractivity contribution is 7.89. The molecule has 0 saturated carbocycles. The summed E-state index contributed by atoms with van der Waals surface area (Å²) in [6.07, 6.45) is -1.93. The van der Waals surface area contributed by atoms with Crippen LogP contribution in [0.3, 0.4) is 0 Å². The zero-order valence-electron chi connectivity index (χ0n) is 25.7. The van der Waals surface area contributed by atoms with Gasteiger partial charge in [-0.2, -0.15) is 4.31 Å². The summed E-state index contributed by atoms with van der Waals surface area (Å²) in [7, 11) is -4.14. The summed E-state index contributed by atoms with van der Waals surface area (Å²) in [5, 5.41) is 28.0. The average Bonchev–Trinajstić information content (AvgIpc) is 3.35. The van der Waals surface area contributed by atoms with Gasteiger partial charge < -0.3 is 19.9 Å². The van der Waals surface area contributed by atoms with Crippen molar-refractivity contribution in [2.75, 3.05) is 13.1 Å². The second-order valence-corrected chi connectivity index (χ2v) is 14.8. The van der Waals surface area contributed by atoms with E-state index < -0.39 is 38.8 Å². The normalized spacial score (nSPS) is 13.5. The lowest BCUT2D eigenvalue weighted by Gasteiger charge is -2.31. The van der Waals surface area contributed by atoms with Crippen LogP contribution in [-0.2, 0) is 27.8 Å². The number of thiazole rings is 1. The lowest BCUT2D eigenvalue weighted by Crippen LogP contribution is -2.51. The minimum atomic E-state index is -4.14. The minimum absolute atomic E-state index is 0.0695. The molecule has 3 rings (SSSR count). The highest BCUT2D eigenvalue weighted by Gasteiger charge is 2.32. The van der Waals surface area contributed by atoms with E-state index in [4.69, 9.17) is 9.47 Å². The Hall–Kier alpha value is -3.59. The standard InChI is InChI=1S/C30H40N4O8S2/c1-20(2)16-33(44(39,40)26-13-9-24(10-14-26)34(37)38)17-28(35)27(32-29(36)42-30(4,5)6)15-22-7-11-25(12-8-22)41-18-23-19-43-21(3)31-23/h7-14,19-20,27-28,35H,15-18H2,1-6H3,(H,32,36). The highest BCUT2D eigenvalue weighted by atomic mass is 32.2. The molecule has 3 aromatic rings. The van der Waals surface area contributed by atoms with Gasteiger partial charge in [-0.3, -0.25) is 10.1 Å². The summed E-state index contributed by atoms with van der Waals surface area (Å²) in [5.74, 6) is 0.516. The molecule has 0 aliphatic heterocycles. The number of carbonyl (C=O) groups is 1. The molecule has 2 unspecified atom stereocenters. The third-order valence-corrected chi connectivity index (χ3v) is 8.91. The molecular formula is C30H40N4O8S2. The second kappa shape index (κ2) is 14.9. The predicted octanol–water partition coefficient (Wildman–Crippen LogP) is 5.08. The summed E-state index contributed by atoms with van der Waals surface area (Å²) in [4.78, 5) is 27.4. The van der Waals surface area contributed by atoms with Crippen molar-refractivity contribution in [3.63, 3.8) is 0 Å². The van der Waals surface area contributed by atoms with Crippen LogP contribution >= 0.6 is 11.3 Å². The Morgan fingerprint density at radius 3 is 2.27 bits per heavy atom. The number of non-ortho nitro benzene ring substituents is 1. The molecule has 2 atom stereocenters. The van der Waals surface area contributed by atoms with Crippen LogP contribution in [0.25, 0.3) is 0 Å². The molecular weight excluding hydrogens is 608 g/mol. The number of aryl methyl sites for hydroxylation is 1. The van der Waals surface area contributed by atoms with Crippen LogP contribution in [0.4, 0.5) is 10.5 Å². The maximum absolute atomic E-state index is 13.6. The first-order chi connectivity index (χ1) is 20.5. The lowest BCUT2D eigenvalue weighted by atomic mass is 10.0. The fraction of sp³-hybridized carbons (Fsp3) is 0.467. The summed E-state index contributed by atoms with van der Waals surface area (Å²) < 4.78 is 39.5. The number of benzene rings is 2. The Morgan fingerprint density at radius 2 is 1.75 bits per heavy atom. The van der Waals surface area contributed by atoms with Crippen LogP contribution in [0.15, 0.2) is 58.8 Å². The molecule has 240 valence electrons. The Labute approximate surface area is 262 Å². The lowest BCUT2D eigenvalue weighted by molar-refractivity contribution is -0.384. The number of hydrogen-bond acceptors (Lipinski definition) is 10. The van der Waals surface area contributed by atoms with Crippen molar-refractivity contribution in [3.8, 4) is 5.75 Å². The monoisotopic (exact) mass is 648 g/mol. The number of carbonyl (C=O) groups excluding carboxylic acids is 1. The maximum Gasteiger partial charge on any atom is 0.407 e. The number of aliphatic hydroxyl groups is 1. The van der Waals surface area contributed by atoms with Crippen LogP contribution in [-0.4, -0.2) is 64.7 Å². The van der Waals surface area contributed by atoms with E-state index in [0.29, 0.717) is 12.4 Å². The summed E-state index contributed by atoms with van der Waals surface area (Å²) in [5.41, 5.74) is 0.555. The molecule has 0 aliphatic rings. The van der Waals surface area contributed by atoms with E-state index in [-0.39, 0.29) is 36.0 Å². The number of alkyl carbamates (subject to hydrolysis) is 1. The van der Waals surface area contributed by atoms with Gasteiger partial charge in [-0.15, -0.1) is 11.3 Å². The van der Waals surface area contributed by atoms with Crippen molar-refractivity contribution in [2.24, 2.45) is 5.92 Å². The van der Waals surface area contributed by atoms with Gasteiger partial charge in [-0.1, -0.05) is 26.0 Å². The Bertz CT molecular complexity index is 1500. The van der Waals surface area contributed by atoms with Crippen molar-refractivity contribution in [2.45, 2.75) is 77.2 Å². The van der Waals surface area contributed by atoms with E-state index in [1.54, 1.807) is 56.4 Å². The first-order valence-corrected chi connectivity index (χ1v) is 16.4. The van der Waals surface area contributed by atoms with Gasteiger partial charge in [-0.25, -0.2) is 18.2 Å². The van der Waals surface area contributed by atoms with Gasteiger partial charge in [0.05, 0.1) is 32.7 Å². The van der Waals surface area contributed by atoms with E-state index >= 15 is 0 Å². The van der Waals surface area contributed by atoms with Crippen LogP contribution in [0.1, 0.15) is 50.9 Å². The number of hydrogen-bond donors (Lipinski definition) is 2. The first-order valence-electron chi connectivity index (χ1n) is 14.1. The number of nitrogens with zero attached hydrogens (tertiary/aromatic N) is 3. The smallest absolute Gasteiger partial charge is 0.407 e. The number of ether oxygens (including phenoxy) is 2. The highest BCUT2D eigenvalue weighted by Crippen LogP contribution is 2.23. The van der Waals surface area contributed by atoms with Crippen molar-refractivity contribution in [1.29, 1.82) is 0 Å². The topological polar surface area (TPSA) is 161 Å². The molecule has 0 spiro atoms. The SMILES string of the molecule is Cc1nc(COc2ccc(CC(NC(=O)OC(C)(C)C)C(O)CN(CC(C)C)S(=O)(=O)c3ccc([N+](=O)[O-])cc3)cc2)cs1. The molecule has 0 saturated heterocycles. The number of amides is 1. The summed E-state index contributed by atoms with van der Waals surface area (Å²) in [6.45, 7) is 10.8. The number of rotatable bonds is 14. The quantitative estimate of drug-likeness (QED) is 0.179. The number of nitro benzene ring substituents is 1. The molecule has 0 radical (unpaired) electrons. The fourth-order valence-corrected chi connectivity index (χ4v) is 6.47. The van der Waals surface area contributed by atoms with Gasteiger partial charge in [0.1, 0.15) is 18.0 Å². The van der Waals surface area contributed by atoms with Gasteiger partial charge in [0.2, 0.25) is 10.0 Å². The van der Waals surface area contributed by atoms with Crippen LogP contribution in [0.2, 0.25) is 0 Å². The fourth-order valence-electron chi connectivity index (χ4n) is 4.25. The number of aliphatic hydroxyl groups excluding tert-OH is 1. The number of aromatic nitrogens is 1. The first kappa shape index (κ1) is 34.9. The third-order valence-electron chi connectivity index (χ3n) is 6.24. The molecule has 14 heteroatoms. The third kappa shape index (κ3) is 10.5. The molecule has 0 bridgehead atoms. The van der Waals surface area contributed by atoms with E-state index in [9.17, 15) is 28.4 Å². The molecule has 0 aliphatic carbocycles. The summed E-state index contributed by atoms with van der Waals surface area (Å²) >= 11 is 1.54. The van der Waals surface area contributed by atoms with Crippen LogP contribution in [0.5, 0.6) is 5.75 Å². The van der Waals surface area contributed by atoms with Gasteiger partial charge in [0, 0.05) is 30.6 Å². The molecule has 12 nitrogen and oxygen atoms in total. The molecule has 1 heterocycles. The number of nitrogens with one attached hydrogen (secondary N) is 1. The van der Waals surface area contributed by atoms with Gasteiger partial charge >= 0.3 is 6.09 Å². The molecule has 0 fully saturated rings. The average molecular weight is 649 g/mol. The predicted molar refractivity (Wildman–Crippen MR) is 167 cm³/mol. The molecule has 44 heavy (non-hydrogen) atoms. The van der Waals surface area contributed by atoms with Crippen molar-refractivity contribution < 1.29 is 32.7 Å². The van der Waals surface area contributed by atoms with Crippen molar-refractivity contribution in [1.82, 2.24) is 14.6 Å². The second-order valence-electron chi connectivity index (χ2n) is 11.8. The molecule has 1 amide bonds. The molecule has 2 aromatic carbocycles. The largest absolute Gasteiger partial charge is 0.487 e. The summed E-state index contributed by atoms with van der Waals surface area (Å²) in [6, 6.07) is 10.8. The molecule has 2 N–H and O–H groups in total. The zero-order chi connectivity index (χ0) is 32.7. The Morgan fingerprint density at radius 1 is 1.11 bits per heavy atom. The van der Waals surface area contributed by atoms with E-state index in [1.165, 1.54) is 12.1 Å². The van der Waals surface area contributed by atoms with Crippen molar-refractivity contribution in [3.05, 3.63) is 80.3 Å². The maximum atomic E-state index is 13.6. The number of nitro groups is 1. The van der Waals surface area contributed by atoms with E-state index in [2.05, 4.69) is 10.3 Å². The Kier molecular flexibility index (Phi) is 11.8. The zero-order valence-corrected chi connectivity index (χ0v) is 27.4. The van der Waals surface area contributed by atoms with Crippen LogP contribution < -0.4 is 10.1 Å². The van der Waals surface area contributed by atoms with Crippen molar-refractivity contribution >= 4 is 33.1 Å². The van der Waals surface area contributed by atoms with E-state index in [1.807, 2.05) is 26.2 Å². The van der Waals surface area contributed by atoms with E-state index in [0.717, 1.165) is 32.7 Å². The van der Waals surface area contributed by atoms with Gasteiger partial charge in [-0.05, 0) is 69.9 Å². The van der Waals surface area contributed by atoms with Crippen LogP contribution in [0, 0.1) is 23.0 Å². The van der Waals surface area contributed by atoms with Gasteiger partial charge in [0.15, 0.2) is 0 Å². The number of sulfonamides is 1. The molecule has 1 aromatic heterocycles. The minimum Gasteiger partial charge on any atom is -0.487 e.